The van der Waals surface area contributed by atoms with Crippen molar-refractivity contribution >= 4 is 0 Å². The molecule has 4 atom stereocenters. The molecular formula is C32H36O5. The van der Waals surface area contributed by atoms with Gasteiger partial charge in [0.2, 0.25) is 0 Å². The van der Waals surface area contributed by atoms with E-state index in [0.29, 0.717) is 26.4 Å². The molecule has 3 aromatic rings. The quantitative estimate of drug-likeness (QED) is 0.316. The van der Waals surface area contributed by atoms with Gasteiger partial charge in [-0.2, -0.15) is 0 Å². The summed E-state index contributed by atoms with van der Waals surface area (Å²) >= 11 is 0. The molecule has 0 saturated carbocycles. The molecule has 0 radical (unpaired) electrons. The lowest BCUT2D eigenvalue weighted by molar-refractivity contribution is 0.0513. The number of hydrogen-bond donors (Lipinski definition) is 0. The fourth-order valence-corrected chi connectivity index (χ4v) is 7.18. The topological polar surface area (TPSA) is 46.2 Å². The first-order valence-corrected chi connectivity index (χ1v) is 13.7. The zero-order valence-electron chi connectivity index (χ0n) is 22.2. The Bertz CT molecular complexity index is 1290. The van der Waals surface area contributed by atoms with E-state index in [0.717, 1.165) is 36.0 Å². The second-order valence-electron chi connectivity index (χ2n) is 9.98. The Morgan fingerprint density at radius 3 is 1.62 bits per heavy atom. The molecule has 1 unspecified atom stereocenters. The largest absolute Gasteiger partial charge is 0.490 e. The molecule has 194 valence electrons. The highest BCUT2D eigenvalue weighted by molar-refractivity contribution is 5.66. The van der Waals surface area contributed by atoms with Crippen molar-refractivity contribution in [2.75, 3.05) is 33.0 Å². The van der Waals surface area contributed by atoms with Crippen LogP contribution in [0.5, 0.6) is 23.0 Å². The van der Waals surface area contributed by atoms with Crippen LogP contribution in [0.2, 0.25) is 0 Å². The maximum atomic E-state index is 6.62. The minimum Gasteiger partial charge on any atom is -0.490 e. The van der Waals surface area contributed by atoms with E-state index in [4.69, 9.17) is 23.7 Å². The van der Waals surface area contributed by atoms with Crippen molar-refractivity contribution < 1.29 is 23.7 Å². The molecule has 3 aliphatic rings. The second kappa shape index (κ2) is 9.60. The molecule has 5 heteroatoms. The third-order valence-electron chi connectivity index (χ3n) is 8.23. The Hall–Kier alpha value is -3.18. The summed E-state index contributed by atoms with van der Waals surface area (Å²) in [5.74, 6) is 3.57. The Morgan fingerprint density at radius 2 is 1.11 bits per heavy atom. The molecule has 0 bridgehead atoms. The summed E-state index contributed by atoms with van der Waals surface area (Å²) in [6.07, 6.45) is 0.957. The Balaban J connectivity index is 1.63. The van der Waals surface area contributed by atoms with Crippen LogP contribution in [0.15, 0.2) is 54.6 Å². The average molecular weight is 501 g/mol. The van der Waals surface area contributed by atoms with Crippen LogP contribution < -0.4 is 18.9 Å². The fourth-order valence-electron chi connectivity index (χ4n) is 7.18. The lowest BCUT2D eigenvalue weighted by atomic mass is 9.66. The van der Waals surface area contributed by atoms with E-state index in [1.165, 1.54) is 27.8 Å². The summed E-state index contributed by atoms with van der Waals surface area (Å²) in [4.78, 5) is 0. The maximum absolute atomic E-state index is 6.62. The van der Waals surface area contributed by atoms with Gasteiger partial charge in [0.05, 0.1) is 32.5 Å². The Morgan fingerprint density at radius 1 is 0.649 bits per heavy atom. The highest BCUT2D eigenvalue weighted by atomic mass is 16.5. The van der Waals surface area contributed by atoms with Gasteiger partial charge in [0.1, 0.15) is 0 Å². The lowest BCUT2D eigenvalue weighted by Crippen LogP contribution is -2.29. The summed E-state index contributed by atoms with van der Waals surface area (Å²) in [7, 11) is 0. The van der Waals surface area contributed by atoms with E-state index in [1.807, 2.05) is 27.7 Å². The molecule has 0 amide bonds. The van der Waals surface area contributed by atoms with E-state index < -0.39 is 0 Å². The first-order chi connectivity index (χ1) is 18.2. The molecule has 5 nitrogen and oxygen atoms in total. The van der Waals surface area contributed by atoms with Gasteiger partial charge in [-0.05, 0) is 86.2 Å². The molecule has 1 aliphatic heterocycles. The molecule has 37 heavy (non-hydrogen) atoms. The first kappa shape index (κ1) is 24.2. The van der Waals surface area contributed by atoms with Gasteiger partial charge in [-0.1, -0.05) is 30.3 Å². The van der Waals surface area contributed by atoms with Gasteiger partial charge >= 0.3 is 0 Å². The van der Waals surface area contributed by atoms with Crippen molar-refractivity contribution in [1.29, 1.82) is 0 Å². The second-order valence-corrected chi connectivity index (χ2v) is 9.98. The van der Waals surface area contributed by atoms with Crippen LogP contribution >= 0.6 is 0 Å². The summed E-state index contributed by atoms with van der Waals surface area (Å²) in [6.45, 7) is 11.2. The van der Waals surface area contributed by atoms with E-state index in [2.05, 4.69) is 54.6 Å². The third-order valence-corrected chi connectivity index (χ3v) is 8.23. The van der Waals surface area contributed by atoms with Gasteiger partial charge in [-0.3, -0.25) is 0 Å². The van der Waals surface area contributed by atoms with Crippen molar-refractivity contribution in [3.63, 3.8) is 0 Å². The fraction of sp³-hybridized carbons (Fsp3) is 0.438. The summed E-state index contributed by atoms with van der Waals surface area (Å²) in [6, 6.07) is 19.8. The standard InChI is InChI=1S/C32H36O5/c1-5-33-25-16-21-22(17-26(25)34-6-2)30-23-18-27(35-7-3)28(36-8-4)19-24(23)31-32(30,14-15-37-31)29(21)20-12-10-9-11-13-20/h9-13,16-19,29-31H,5-8,14-15H2,1-4H3/t29-,30+,31+,32?/m0/s1. The van der Waals surface area contributed by atoms with Crippen LogP contribution in [-0.4, -0.2) is 33.0 Å². The number of rotatable bonds is 9. The maximum Gasteiger partial charge on any atom is 0.161 e. The SMILES string of the molecule is CCOc1cc2c(cc1OCC)[C@H](c1ccccc1)C13CCO[C@@H]1c1cc(OCC)c(OCC)cc1[C@@H]23. The Labute approximate surface area is 219 Å². The molecule has 2 aliphatic carbocycles. The molecule has 6 rings (SSSR count). The monoisotopic (exact) mass is 500 g/mol. The van der Waals surface area contributed by atoms with Gasteiger partial charge in [-0.15, -0.1) is 0 Å². The third kappa shape index (κ3) is 3.54. The van der Waals surface area contributed by atoms with E-state index >= 15 is 0 Å². The molecule has 1 heterocycles. The highest BCUT2D eigenvalue weighted by Gasteiger charge is 2.66. The summed E-state index contributed by atoms with van der Waals surface area (Å²) in [5, 5.41) is 0. The van der Waals surface area contributed by atoms with Crippen LogP contribution in [-0.2, 0) is 4.74 Å². The summed E-state index contributed by atoms with van der Waals surface area (Å²) in [5.41, 5.74) is 6.32. The van der Waals surface area contributed by atoms with Crippen molar-refractivity contribution in [3.05, 3.63) is 82.4 Å². The molecule has 0 aromatic heterocycles. The Kier molecular flexibility index (Phi) is 6.28. The van der Waals surface area contributed by atoms with Crippen LogP contribution in [0.1, 0.15) is 79.9 Å². The zero-order valence-corrected chi connectivity index (χ0v) is 22.2. The van der Waals surface area contributed by atoms with Gasteiger partial charge < -0.3 is 23.7 Å². The van der Waals surface area contributed by atoms with Crippen molar-refractivity contribution in [1.82, 2.24) is 0 Å². The number of hydrogen-bond acceptors (Lipinski definition) is 5. The van der Waals surface area contributed by atoms with Crippen LogP contribution in [0.3, 0.4) is 0 Å². The van der Waals surface area contributed by atoms with E-state index in [9.17, 15) is 0 Å². The van der Waals surface area contributed by atoms with E-state index in [-0.39, 0.29) is 23.4 Å². The number of fused-ring (bicyclic) bond motifs is 5. The summed E-state index contributed by atoms with van der Waals surface area (Å²) < 4.78 is 31.0. The normalized spacial score (nSPS) is 24.7. The van der Waals surface area contributed by atoms with Crippen molar-refractivity contribution in [2.45, 2.75) is 52.1 Å². The average Bonchev–Trinajstić information content (AvgIpc) is 3.52. The first-order valence-electron chi connectivity index (χ1n) is 13.7. The predicted octanol–water partition coefficient (Wildman–Crippen LogP) is 7.02. The lowest BCUT2D eigenvalue weighted by Gasteiger charge is -2.36. The van der Waals surface area contributed by atoms with Gasteiger partial charge in [0, 0.05) is 23.9 Å². The van der Waals surface area contributed by atoms with Gasteiger partial charge in [-0.25, -0.2) is 0 Å². The molecule has 0 N–H and O–H groups in total. The minimum absolute atomic E-state index is 0.0222. The molecule has 3 aromatic carbocycles. The van der Waals surface area contributed by atoms with Crippen LogP contribution in [0.25, 0.3) is 0 Å². The van der Waals surface area contributed by atoms with Crippen molar-refractivity contribution in [3.8, 4) is 23.0 Å². The van der Waals surface area contributed by atoms with Gasteiger partial charge in [0.25, 0.3) is 0 Å². The predicted molar refractivity (Wildman–Crippen MR) is 143 cm³/mol. The smallest absolute Gasteiger partial charge is 0.161 e. The minimum atomic E-state index is -0.130. The number of benzene rings is 3. The van der Waals surface area contributed by atoms with E-state index in [1.54, 1.807) is 0 Å². The molecule has 1 spiro atoms. The molecular weight excluding hydrogens is 464 g/mol. The molecule has 1 fully saturated rings. The van der Waals surface area contributed by atoms with Crippen molar-refractivity contribution in [2.24, 2.45) is 5.41 Å². The highest BCUT2D eigenvalue weighted by Crippen LogP contribution is 2.75. The number of ether oxygens (including phenoxy) is 5. The van der Waals surface area contributed by atoms with Gasteiger partial charge in [0.15, 0.2) is 23.0 Å². The van der Waals surface area contributed by atoms with Crippen LogP contribution in [0.4, 0.5) is 0 Å². The zero-order chi connectivity index (χ0) is 25.6. The van der Waals surface area contributed by atoms with Crippen LogP contribution in [0, 0.1) is 5.41 Å². The molecule has 1 saturated heterocycles.